The number of imide groups is 1. The number of benzene rings is 1. The highest BCUT2D eigenvalue weighted by Gasteiger charge is 2.59. The minimum Gasteiger partial charge on any atom is -0.419 e. The summed E-state index contributed by atoms with van der Waals surface area (Å²) in [6.45, 7) is 0.0595. The van der Waals surface area contributed by atoms with Gasteiger partial charge in [0, 0.05) is 5.56 Å². The maximum absolute atomic E-state index is 12.6. The van der Waals surface area contributed by atoms with Crippen molar-refractivity contribution in [3.8, 4) is 11.5 Å². The third-order valence-electron chi connectivity index (χ3n) is 5.34. The van der Waals surface area contributed by atoms with E-state index in [0.717, 1.165) is 12.0 Å². The monoisotopic (exact) mass is 321 g/mol. The van der Waals surface area contributed by atoms with Crippen LogP contribution in [0.15, 0.2) is 46.9 Å². The Kier molecular flexibility index (Phi) is 2.77. The zero-order valence-corrected chi connectivity index (χ0v) is 12.8. The van der Waals surface area contributed by atoms with Crippen LogP contribution in [0, 0.1) is 23.7 Å². The molecule has 3 aliphatic rings. The first-order valence-electron chi connectivity index (χ1n) is 8.14. The third-order valence-corrected chi connectivity index (χ3v) is 5.34. The normalized spacial score (nSPS) is 30.4. The van der Waals surface area contributed by atoms with E-state index in [9.17, 15) is 9.59 Å². The quantitative estimate of drug-likeness (QED) is 0.639. The van der Waals surface area contributed by atoms with E-state index in [-0.39, 0.29) is 47.9 Å². The Morgan fingerprint density at radius 1 is 1.00 bits per heavy atom. The fraction of sp³-hybridized carbons (Fsp3) is 0.333. The van der Waals surface area contributed by atoms with Crippen molar-refractivity contribution in [2.24, 2.45) is 23.7 Å². The minimum atomic E-state index is -0.191. The predicted octanol–water partition coefficient (Wildman–Crippen LogP) is 2.04. The zero-order chi connectivity index (χ0) is 16.3. The lowest BCUT2D eigenvalue weighted by Gasteiger charge is -2.14. The Morgan fingerprint density at radius 3 is 2.33 bits per heavy atom. The number of amides is 2. The Labute approximate surface area is 138 Å². The highest BCUT2D eigenvalue weighted by atomic mass is 16.4. The number of nitrogens with zero attached hydrogens (tertiary/aromatic N) is 3. The van der Waals surface area contributed by atoms with Gasteiger partial charge in [0.15, 0.2) is 0 Å². The summed E-state index contributed by atoms with van der Waals surface area (Å²) in [5, 5.41) is 8.01. The van der Waals surface area contributed by atoms with Crippen LogP contribution in [0.3, 0.4) is 0 Å². The highest BCUT2D eigenvalue weighted by Crippen LogP contribution is 2.52. The summed E-state index contributed by atoms with van der Waals surface area (Å²) >= 11 is 0. The van der Waals surface area contributed by atoms with E-state index in [0.29, 0.717) is 5.89 Å². The van der Waals surface area contributed by atoms with Crippen molar-refractivity contribution < 1.29 is 14.0 Å². The molecule has 1 saturated heterocycles. The van der Waals surface area contributed by atoms with Gasteiger partial charge >= 0.3 is 0 Å². The van der Waals surface area contributed by atoms with Gasteiger partial charge in [0.25, 0.3) is 0 Å². The van der Waals surface area contributed by atoms with Crippen molar-refractivity contribution in [1.29, 1.82) is 0 Å². The van der Waals surface area contributed by atoms with E-state index < -0.39 is 0 Å². The molecule has 1 aromatic carbocycles. The van der Waals surface area contributed by atoms with Crippen LogP contribution in [-0.4, -0.2) is 26.9 Å². The maximum Gasteiger partial charge on any atom is 0.247 e. The molecule has 4 atom stereocenters. The molecule has 2 fully saturated rings. The summed E-state index contributed by atoms with van der Waals surface area (Å²) in [6, 6.07) is 9.42. The number of fused-ring (bicyclic) bond motifs is 5. The summed E-state index contributed by atoms with van der Waals surface area (Å²) in [7, 11) is 0. The minimum absolute atomic E-state index is 0.0595. The second kappa shape index (κ2) is 4.87. The Balaban J connectivity index is 1.39. The lowest BCUT2D eigenvalue weighted by atomic mass is 9.85. The van der Waals surface area contributed by atoms with Gasteiger partial charge < -0.3 is 4.42 Å². The van der Waals surface area contributed by atoms with E-state index in [1.54, 1.807) is 0 Å². The molecule has 5 rings (SSSR count). The number of allylic oxidation sites excluding steroid dienone is 2. The van der Waals surface area contributed by atoms with E-state index in [1.165, 1.54) is 4.90 Å². The van der Waals surface area contributed by atoms with Crippen LogP contribution >= 0.6 is 0 Å². The third kappa shape index (κ3) is 1.82. The second-order valence-corrected chi connectivity index (χ2v) is 6.63. The molecule has 0 unspecified atom stereocenters. The first kappa shape index (κ1) is 13.7. The number of likely N-dealkylation sites (tertiary alicyclic amines) is 1. The van der Waals surface area contributed by atoms with Crippen LogP contribution in [0.4, 0.5) is 0 Å². The lowest BCUT2D eigenvalue weighted by molar-refractivity contribution is -0.141. The smallest absolute Gasteiger partial charge is 0.247 e. The van der Waals surface area contributed by atoms with Crippen molar-refractivity contribution in [3.05, 3.63) is 48.4 Å². The fourth-order valence-corrected chi connectivity index (χ4v) is 4.27. The number of aromatic nitrogens is 2. The van der Waals surface area contributed by atoms with Gasteiger partial charge in [-0.3, -0.25) is 14.5 Å². The first-order chi connectivity index (χ1) is 11.7. The molecule has 1 aromatic heterocycles. The molecule has 2 bridgehead atoms. The molecule has 2 heterocycles. The number of hydrogen-bond donors (Lipinski definition) is 0. The molecule has 120 valence electrons. The SMILES string of the molecule is O=C1[C@H]2[C@H](C(=O)N1Cc1nnc(-c3ccccc3)o1)[C@H]1C=C[C@H]2C1. The molecule has 6 heteroatoms. The van der Waals surface area contributed by atoms with Gasteiger partial charge in [-0.25, -0.2) is 0 Å². The first-order valence-corrected chi connectivity index (χ1v) is 8.14. The van der Waals surface area contributed by atoms with Gasteiger partial charge in [0.1, 0.15) is 6.54 Å². The highest BCUT2D eigenvalue weighted by molar-refractivity contribution is 6.06. The molecule has 2 aromatic rings. The van der Waals surface area contributed by atoms with Crippen LogP contribution in [0.1, 0.15) is 12.3 Å². The molecule has 0 radical (unpaired) electrons. The van der Waals surface area contributed by atoms with Crippen LogP contribution in [-0.2, 0) is 16.1 Å². The summed E-state index contributed by atoms with van der Waals surface area (Å²) in [5.41, 5.74) is 0.814. The standard InChI is InChI=1S/C18H15N3O3/c22-17-14-11-6-7-12(8-11)15(14)18(23)21(17)9-13-19-20-16(24-13)10-4-2-1-3-5-10/h1-7,11-12,14-15H,8-9H2/t11-,12-,14+,15+/m0/s1. The number of carbonyl (C=O) groups is 2. The fourth-order valence-electron chi connectivity index (χ4n) is 4.27. The summed E-state index contributed by atoms with van der Waals surface area (Å²) in [4.78, 5) is 26.6. The molecule has 24 heavy (non-hydrogen) atoms. The largest absolute Gasteiger partial charge is 0.419 e. The van der Waals surface area contributed by atoms with Gasteiger partial charge in [0.05, 0.1) is 11.8 Å². The molecule has 2 aliphatic carbocycles. The molecule has 6 nitrogen and oxygen atoms in total. The molecule has 1 saturated carbocycles. The molecular formula is C18H15N3O3. The summed E-state index contributed by atoms with van der Waals surface area (Å²) < 4.78 is 5.64. The number of rotatable bonds is 3. The topological polar surface area (TPSA) is 76.3 Å². The Hall–Kier alpha value is -2.76. The lowest BCUT2D eigenvalue weighted by Crippen LogP contribution is -2.32. The second-order valence-electron chi connectivity index (χ2n) is 6.63. The van der Waals surface area contributed by atoms with Crippen LogP contribution in [0.2, 0.25) is 0 Å². The van der Waals surface area contributed by atoms with Crippen molar-refractivity contribution in [2.45, 2.75) is 13.0 Å². The van der Waals surface area contributed by atoms with Crippen LogP contribution in [0.25, 0.3) is 11.5 Å². The average molecular weight is 321 g/mol. The Bertz CT molecular complexity index is 827. The molecular weight excluding hydrogens is 306 g/mol. The zero-order valence-electron chi connectivity index (χ0n) is 12.8. The van der Waals surface area contributed by atoms with Gasteiger partial charge in [-0.15, -0.1) is 10.2 Å². The van der Waals surface area contributed by atoms with E-state index in [2.05, 4.69) is 22.3 Å². The number of hydrogen-bond acceptors (Lipinski definition) is 5. The van der Waals surface area contributed by atoms with Crippen molar-refractivity contribution in [2.75, 3.05) is 0 Å². The average Bonchev–Trinajstić information content (AvgIpc) is 3.37. The predicted molar refractivity (Wildman–Crippen MR) is 83.0 cm³/mol. The van der Waals surface area contributed by atoms with Gasteiger partial charge in [-0.1, -0.05) is 30.4 Å². The molecule has 1 aliphatic heterocycles. The Morgan fingerprint density at radius 2 is 1.67 bits per heavy atom. The van der Waals surface area contributed by atoms with E-state index in [4.69, 9.17) is 4.42 Å². The van der Waals surface area contributed by atoms with Crippen molar-refractivity contribution in [3.63, 3.8) is 0 Å². The van der Waals surface area contributed by atoms with Crippen molar-refractivity contribution >= 4 is 11.8 Å². The molecule has 2 amide bonds. The van der Waals surface area contributed by atoms with Gasteiger partial charge in [-0.05, 0) is 30.4 Å². The van der Waals surface area contributed by atoms with E-state index in [1.807, 2.05) is 30.3 Å². The maximum atomic E-state index is 12.6. The molecule has 0 spiro atoms. The number of carbonyl (C=O) groups excluding carboxylic acids is 2. The van der Waals surface area contributed by atoms with Crippen LogP contribution in [0.5, 0.6) is 0 Å². The summed E-state index contributed by atoms with van der Waals surface area (Å²) in [6.07, 6.45) is 5.10. The van der Waals surface area contributed by atoms with E-state index >= 15 is 0 Å². The van der Waals surface area contributed by atoms with Gasteiger partial charge in [0.2, 0.25) is 23.6 Å². The van der Waals surface area contributed by atoms with Crippen molar-refractivity contribution in [1.82, 2.24) is 15.1 Å². The summed E-state index contributed by atoms with van der Waals surface area (Å²) in [5.74, 6) is 0.533. The van der Waals surface area contributed by atoms with Gasteiger partial charge in [-0.2, -0.15) is 0 Å². The molecule has 0 N–H and O–H groups in total. The van der Waals surface area contributed by atoms with Crippen LogP contribution < -0.4 is 0 Å².